The molecule has 0 heterocycles. The molecule has 0 unspecified atom stereocenters. The van der Waals surface area contributed by atoms with Crippen LogP contribution in [0.1, 0.15) is 24.1 Å². The number of quaternary nitrogens is 1. The molecule has 3 aromatic carbocycles. The second-order valence-corrected chi connectivity index (χ2v) is 6.14. The molecule has 0 aromatic heterocycles. The molecule has 0 aliphatic heterocycles. The van der Waals surface area contributed by atoms with Gasteiger partial charge in [0.05, 0.1) is 0 Å². The Bertz CT molecular complexity index is 749. The van der Waals surface area contributed by atoms with Crippen LogP contribution in [-0.4, -0.2) is 11.9 Å². The van der Waals surface area contributed by atoms with Crippen LogP contribution in [0.4, 0.5) is 5.69 Å². The molecule has 1 atom stereocenters. The van der Waals surface area contributed by atoms with Gasteiger partial charge < -0.3 is 10.6 Å². The minimum absolute atomic E-state index is 0.00284. The molecule has 0 spiro atoms. The molecule has 3 aromatic rings. The van der Waals surface area contributed by atoms with Gasteiger partial charge in [-0.1, -0.05) is 78.9 Å². The van der Waals surface area contributed by atoms with Crippen molar-refractivity contribution in [2.24, 2.45) is 0 Å². The molecule has 3 nitrogen and oxygen atoms in total. The third-order valence-electron chi connectivity index (χ3n) is 4.25. The van der Waals surface area contributed by atoms with Crippen molar-refractivity contribution in [3.8, 4) is 0 Å². The van der Waals surface area contributed by atoms with Gasteiger partial charge in [0.2, 0.25) is 0 Å². The molecule has 25 heavy (non-hydrogen) atoms. The Labute approximate surface area is 148 Å². The van der Waals surface area contributed by atoms with Gasteiger partial charge in [0.15, 0.2) is 6.04 Å². The van der Waals surface area contributed by atoms with Crippen molar-refractivity contribution >= 4 is 11.6 Å². The average Bonchev–Trinajstić information content (AvgIpc) is 2.68. The first-order valence-corrected chi connectivity index (χ1v) is 8.55. The summed E-state index contributed by atoms with van der Waals surface area (Å²) in [5, 5.41) is 5.09. The fourth-order valence-corrected chi connectivity index (χ4v) is 2.89. The maximum atomic E-state index is 12.6. The number of hydrogen-bond donors (Lipinski definition) is 2. The third kappa shape index (κ3) is 4.55. The topological polar surface area (TPSA) is 45.7 Å². The Morgan fingerprint density at radius 1 is 0.760 bits per heavy atom. The third-order valence-corrected chi connectivity index (χ3v) is 4.25. The van der Waals surface area contributed by atoms with Crippen molar-refractivity contribution in [3.63, 3.8) is 0 Å². The highest BCUT2D eigenvalue weighted by molar-refractivity contribution is 5.93. The normalized spacial score (nSPS) is 11.9. The molecule has 0 bridgehead atoms. The lowest BCUT2D eigenvalue weighted by molar-refractivity contribution is -0.704. The zero-order valence-electron chi connectivity index (χ0n) is 14.3. The zero-order valence-corrected chi connectivity index (χ0v) is 14.3. The summed E-state index contributed by atoms with van der Waals surface area (Å²) in [4.78, 5) is 12.6. The largest absolute Gasteiger partial charge is 0.326 e. The van der Waals surface area contributed by atoms with Crippen molar-refractivity contribution < 1.29 is 10.1 Å². The van der Waals surface area contributed by atoms with Gasteiger partial charge in [0.1, 0.15) is 6.04 Å². The lowest BCUT2D eigenvalue weighted by Gasteiger charge is -2.20. The minimum atomic E-state index is -0.217. The molecule has 0 aliphatic carbocycles. The lowest BCUT2D eigenvalue weighted by Crippen LogP contribution is -2.92. The summed E-state index contributed by atoms with van der Waals surface area (Å²) >= 11 is 0. The number of para-hydroxylation sites is 1. The number of carbonyl (C=O) groups excluding carboxylic acids is 1. The van der Waals surface area contributed by atoms with Gasteiger partial charge in [0.25, 0.3) is 5.91 Å². The number of carbonyl (C=O) groups is 1. The van der Waals surface area contributed by atoms with Gasteiger partial charge in [0, 0.05) is 16.8 Å². The Morgan fingerprint density at radius 2 is 1.20 bits per heavy atom. The van der Waals surface area contributed by atoms with E-state index in [-0.39, 0.29) is 18.0 Å². The maximum absolute atomic E-state index is 12.6. The number of amides is 1. The molecular weight excluding hydrogens is 308 g/mol. The first-order valence-electron chi connectivity index (χ1n) is 8.55. The van der Waals surface area contributed by atoms with Gasteiger partial charge in [-0.15, -0.1) is 0 Å². The summed E-state index contributed by atoms with van der Waals surface area (Å²) in [6.07, 6.45) is 0. The standard InChI is InChI=1S/C22H22N2O/c1-17(22(25)24-20-15-9-4-10-16-20)23-21(18-11-5-2-6-12-18)19-13-7-3-8-14-19/h2-17,21,23H,1H3,(H,24,25)/p+1/t17-/m0/s1. The molecule has 0 radical (unpaired) electrons. The van der Waals surface area contributed by atoms with Crippen molar-refractivity contribution in [2.45, 2.75) is 19.0 Å². The Morgan fingerprint density at radius 3 is 1.68 bits per heavy atom. The molecular formula is C22H23N2O+. The molecule has 126 valence electrons. The second-order valence-electron chi connectivity index (χ2n) is 6.14. The number of benzene rings is 3. The van der Waals surface area contributed by atoms with Crippen LogP contribution in [0.2, 0.25) is 0 Å². The molecule has 1 amide bonds. The molecule has 0 fully saturated rings. The SMILES string of the molecule is C[C@H]([NH2+]C(c1ccccc1)c1ccccc1)C(=O)Nc1ccccc1. The summed E-state index contributed by atoms with van der Waals surface area (Å²) < 4.78 is 0. The summed E-state index contributed by atoms with van der Waals surface area (Å²) in [6.45, 7) is 1.94. The van der Waals surface area contributed by atoms with Crippen molar-refractivity contribution in [3.05, 3.63) is 102 Å². The van der Waals surface area contributed by atoms with E-state index in [9.17, 15) is 4.79 Å². The van der Waals surface area contributed by atoms with Crippen molar-refractivity contribution in [1.82, 2.24) is 0 Å². The molecule has 0 saturated carbocycles. The number of nitrogens with one attached hydrogen (secondary N) is 1. The van der Waals surface area contributed by atoms with Crippen molar-refractivity contribution in [1.29, 1.82) is 0 Å². The predicted octanol–water partition coefficient (Wildman–Crippen LogP) is 3.37. The number of hydrogen-bond acceptors (Lipinski definition) is 1. The summed E-state index contributed by atoms with van der Waals surface area (Å²) in [7, 11) is 0. The monoisotopic (exact) mass is 331 g/mol. The molecule has 3 heteroatoms. The highest BCUT2D eigenvalue weighted by Gasteiger charge is 2.24. The highest BCUT2D eigenvalue weighted by atomic mass is 16.2. The van der Waals surface area contributed by atoms with Crippen LogP contribution in [0.25, 0.3) is 0 Å². The van der Waals surface area contributed by atoms with E-state index >= 15 is 0 Å². The smallest absolute Gasteiger partial charge is 0.282 e. The van der Waals surface area contributed by atoms with E-state index in [2.05, 4.69) is 34.9 Å². The van der Waals surface area contributed by atoms with Crippen LogP contribution in [0, 0.1) is 0 Å². The Balaban J connectivity index is 1.77. The van der Waals surface area contributed by atoms with Crippen LogP contribution >= 0.6 is 0 Å². The van der Waals surface area contributed by atoms with E-state index < -0.39 is 0 Å². The minimum Gasteiger partial charge on any atom is -0.326 e. The van der Waals surface area contributed by atoms with Crippen LogP contribution in [-0.2, 0) is 4.79 Å². The summed E-state index contributed by atoms with van der Waals surface area (Å²) in [5.41, 5.74) is 3.20. The van der Waals surface area contributed by atoms with Crippen LogP contribution < -0.4 is 10.6 Å². The van der Waals surface area contributed by atoms with E-state index in [0.29, 0.717) is 0 Å². The van der Waals surface area contributed by atoms with Crippen LogP contribution in [0.15, 0.2) is 91.0 Å². The van der Waals surface area contributed by atoms with Crippen LogP contribution in [0.3, 0.4) is 0 Å². The number of nitrogens with two attached hydrogens (primary N) is 1. The first kappa shape index (κ1) is 16.9. The quantitative estimate of drug-likeness (QED) is 0.715. The first-order chi connectivity index (χ1) is 12.2. The summed E-state index contributed by atoms with van der Waals surface area (Å²) in [6, 6.07) is 30.0. The van der Waals surface area contributed by atoms with Gasteiger partial charge in [-0.3, -0.25) is 4.79 Å². The fraction of sp³-hybridized carbons (Fsp3) is 0.136. The van der Waals surface area contributed by atoms with Crippen molar-refractivity contribution in [2.75, 3.05) is 5.32 Å². The van der Waals surface area contributed by atoms with Gasteiger partial charge >= 0.3 is 0 Å². The van der Waals surface area contributed by atoms with Crippen LogP contribution in [0.5, 0.6) is 0 Å². The predicted molar refractivity (Wildman–Crippen MR) is 101 cm³/mol. The van der Waals surface area contributed by atoms with Gasteiger partial charge in [-0.2, -0.15) is 0 Å². The number of rotatable bonds is 6. The van der Waals surface area contributed by atoms with E-state index in [4.69, 9.17) is 0 Å². The fourth-order valence-electron chi connectivity index (χ4n) is 2.89. The van der Waals surface area contributed by atoms with E-state index in [1.807, 2.05) is 73.7 Å². The Hall–Kier alpha value is -2.91. The molecule has 3 N–H and O–H groups in total. The second kappa shape index (κ2) is 8.27. The highest BCUT2D eigenvalue weighted by Crippen LogP contribution is 2.18. The molecule has 0 aliphatic rings. The average molecular weight is 331 g/mol. The van der Waals surface area contributed by atoms with E-state index in [1.165, 1.54) is 11.1 Å². The zero-order chi connectivity index (χ0) is 17.5. The summed E-state index contributed by atoms with van der Waals surface area (Å²) in [5.74, 6) is 0.00284. The van der Waals surface area contributed by atoms with E-state index in [0.717, 1.165) is 5.69 Å². The van der Waals surface area contributed by atoms with E-state index in [1.54, 1.807) is 0 Å². The lowest BCUT2D eigenvalue weighted by atomic mass is 9.98. The molecule has 3 rings (SSSR count). The Kier molecular flexibility index (Phi) is 5.60. The number of anilines is 1. The van der Waals surface area contributed by atoms with Gasteiger partial charge in [-0.25, -0.2) is 0 Å². The molecule has 0 saturated heterocycles. The maximum Gasteiger partial charge on any atom is 0.282 e. The van der Waals surface area contributed by atoms with Gasteiger partial charge in [-0.05, 0) is 19.1 Å².